The Bertz CT molecular complexity index is 829. The van der Waals surface area contributed by atoms with Gasteiger partial charge < -0.3 is 10.2 Å². The molecule has 0 atom stereocenters. The molecule has 1 aromatic carbocycles. The molecule has 1 N–H and O–H groups in total. The lowest BCUT2D eigenvalue weighted by Gasteiger charge is -2.16. The first kappa shape index (κ1) is 16.4. The molecule has 122 valence electrons. The number of carbonyl (C=O) groups excluding carboxylic acids is 2. The topological polar surface area (TPSA) is 62.3 Å². The predicted molar refractivity (Wildman–Crippen MR) is 97.5 cm³/mol. The van der Waals surface area contributed by atoms with E-state index >= 15 is 0 Å². The summed E-state index contributed by atoms with van der Waals surface area (Å²) in [7, 11) is 1.62. The molecule has 24 heavy (non-hydrogen) atoms. The maximum atomic E-state index is 12.2. The molecule has 0 saturated carbocycles. The highest BCUT2D eigenvalue weighted by molar-refractivity contribution is 7.13. The first-order valence-corrected chi connectivity index (χ1v) is 8.98. The van der Waals surface area contributed by atoms with Crippen LogP contribution in [0.5, 0.6) is 0 Å². The van der Waals surface area contributed by atoms with Crippen LogP contribution in [0.25, 0.3) is 10.6 Å². The number of likely N-dealkylation sites (N-methyl/N-ethyl adjacent to an activating group) is 1. The zero-order chi connectivity index (χ0) is 16.9. The highest BCUT2D eigenvalue weighted by Gasteiger charge is 2.15. The molecule has 0 radical (unpaired) electrons. The van der Waals surface area contributed by atoms with Crippen molar-refractivity contribution in [3.8, 4) is 10.6 Å². The molecule has 0 aliphatic carbocycles. The zero-order valence-electron chi connectivity index (χ0n) is 12.9. The monoisotopic (exact) mass is 357 g/mol. The Balaban J connectivity index is 1.63. The van der Waals surface area contributed by atoms with Gasteiger partial charge in [-0.05, 0) is 23.6 Å². The van der Waals surface area contributed by atoms with Gasteiger partial charge in [-0.25, -0.2) is 4.98 Å². The fraction of sp³-hybridized carbons (Fsp3) is 0.118. The van der Waals surface area contributed by atoms with Gasteiger partial charge in [0, 0.05) is 29.9 Å². The van der Waals surface area contributed by atoms with Gasteiger partial charge >= 0.3 is 0 Å². The Morgan fingerprint density at radius 3 is 2.75 bits per heavy atom. The second-order valence-electron chi connectivity index (χ2n) is 5.10. The lowest BCUT2D eigenvalue weighted by Crippen LogP contribution is -2.34. The molecule has 7 heteroatoms. The minimum absolute atomic E-state index is 0.00177. The number of hydrogen-bond acceptors (Lipinski definition) is 5. The van der Waals surface area contributed by atoms with E-state index in [1.165, 1.54) is 16.2 Å². The van der Waals surface area contributed by atoms with E-state index in [2.05, 4.69) is 10.3 Å². The minimum atomic E-state index is -0.237. The van der Waals surface area contributed by atoms with Crippen molar-refractivity contribution in [2.24, 2.45) is 0 Å². The van der Waals surface area contributed by atoms with Crippen molar-refractivity contribution in [2.45, 2.75) is 0 Å². The van der Waals surface area contributed by atoms with E-state index in [0.29, 0.717) is 10.6 Å². The molecule has 0 fully saturated rings. The summed E-state index contributed by atoms with van der Waals surface area (Å²) in [6.45, 7) is -0.00177. The number of rotatable bonds is 5. The van der Waals surface area contributed by atoms with Crippen LogP contribution in [0.4, 0.5) is 5.69 Å². The molecule has 3 rings (SSSR count). The van der Waals surface area contributed by atoms with Crippen LogP contribution in [0.1, 0.15) is 9.67 Å². The van der Waals surface area contributed by atoms with Crippen molar-refractivity contribution in [1.29, 1.82) is 0 Å². The fourth-order valence-electron chi connectivity index (χ4n) is 2.17. The van der Waals surface area contributed by atoms with Crippen LogP contribution in [0.15, 0.2) is 53.4 Å². The van der Waals surface area contributed by atoms with E-state index < -0.39 is 0 Å². The fourth-order valence-corrected chi connectivity index (χ4v) is 3.52. The van der Waals surface area contributed by atoms with Crippen LogP contribution >= 0.6 is 22.7 Å². The maximum absolute atomic E-state index is 12.2. The summed E-state index contributed by atoms with van der Waals surface area (Å²) in [6, 6.07) is 11.1. The molecule has 0 unspecified atom stereocenters. The summed E-state index contributed by atoms with van der Waals surface area (Å²) in [5.41, 5.74) is 1.63. The van der Waals surface area contributed by atoms with Crippen molar-refractivity contribution in [1.82, 2.24) is 9.88 Å². The van der Waals surface area contributed by atoms with Gasteiger partial charge in [-0.3, -0.25) is 9.59 Å². The van der Waals surface area contributed by atoms with Gasteiger partial charge in [0.1, 0.15) is 5.01 Å². The van der Waals surface area contributed by atoms with Crippen molar-refractivity contribution in [3.63, 3.8) is 0 Å². The SMILES string of the molecule is CN(CC(=O)Nc1cccc(-c2nccs2)c1)C(=O)c1cccs1. The summed E-state index contributed by atoms with van der Waals surface area (Å²) in [4.78, 5) is 30.6. The van der Waals surface area contributed by atoms with Crippen LogP contribution < -0.4 is 5.32 Å². The third-order valence-corrected chi connectivity index (χ3v) is 4.97. The number of nitrogens with one attached hydrogen (secondary N) is 1. The number of carbonyl (C=O) groups is 2. The molecule has 5 nitrogen and oxygen atoms in total. The molecule has 2 amide bonds. The Hall–Kier alpha value is -2.51. The van der Waals surface area contributed by atoms with Crippen LogP contribution in [-0.2, 0) is 4.79 Å². The van der Waals surface area contributed by atoms with Gasteiger partial charge in [0.25, 0.3) is 5.91 Å². The number of thiophene rings is 1. The van der Waals surface area contributed by atoms with Gasteiger partial charge in [0.05, 0.1) is 11.4 Å². The van der Waals surface area contributed by atoms with Crippen molar-refractivity contribution >= 4 is 40.2 Å². The van der Waals surface area contributed by atoms with Crippen LogP contribution in [0, 0.1) is 0 Å². The normalized spacial score (nSPS) is 10.4. The van der Waals surface area contributed by atoms with Gasteiger partial charge in [0.2, 0.25) is 5.91 Å². The van der Waals surface area contributed by atoms with Crippen LogP contribution in [0.2, 0.25) is 0 Å². The van der Waals surface area contributed by atoms with E-state index in [4.69, 9.17) is 0 Å². The van der Waals surface area contributed by atoms with Crippen LogP contribution in [0.3, 0.4) is 0 Å². The molecule has 0 spiro atoms. The summed E-state index contributed by atoms with van der Waals surface area (Å²) < 4.78 is 0. The second kappa shape index (κ2) is 7.37. The number of amides is 2. The lowest BCUT2D eigenvalue weighted by molar-refractivity contribution is -0.116. The van der Waals surface area contributed by atoms with Gasteiger partial charge in [-0.1, -0.05) is 18.2 Å². The Kier molecular flexibility index (Phi) is 5.02. The third-order valence-electron chi connectivity index (χ3n) is 3.29. The number of nitrogens with zero attached hydrogens (tertiary/aromatic N) is 2. The number of aromatic nitrogens is 1. The highest BCUT2D eigenvalue weighted by atomic mass is 32.1. The van der Waals surface area contributed by atoms with Gasteiger partial charge in [0.15, 0.2) is 0 Å². The molecule has 0 aliphatic heterocycles. The van der Waals surface area contributed by atoms with Crippen molar-refractivity contribution in [3.05, 3.63) is 58.2 Å². The smallest absolute Gasteiger partial charge is 0.264 e. The molecule has 0 saturated heterocycles. The maximum Gasteiger partial charge on any atom is 0.264 e. The average molecular weight is 357 g/mol. The molecule has 3 aromatic rings. The van der Waals surface area contributed by atoms with Crippen LogP contribution in [-0.4, -0.2) is 35.3 Å². The Morgan fingerprint density at radius 2 is 2.04 bits per heavy atom. The van der Waals surface area contributed by atoms with E-state index in [1.54, 1.807) is 30.6 Å². The first-order valence-electron chi connectivity index (χ1n) is 7.22. The Morgan fingerprint density at radius 1 is 1.17 bits per heavy atom. The summed E-state index contributed by atoms with van der Waals surface area (Å²) >= 11 is 2.90. The number of anilines is 1. The van der Waals surface area contributed by atoms with E-state index in [0.717, 1.165) is 10.6 Å². The van der Waals surface area contributed by atoms with E-state index in [9.17, 15) is 9.59 Å². The largest absolute Gasteiger partial charge is 0.332 e. The average Bonchev–Trinajstić information content (AvgIpc) is 3.27. The van der Waals surface area contributed by atoms with Gasteiger partial charge in [-0.2, -0.15) is 0 Å². The minimum Gasteiger partial charge on any atom is -0.332 e. The molecule has 2 aromatic heterocycles. The molecular weight excluding hydrogens is 342 g/mol. The molecule has 2 heterocycles. The molecular formula is C17H15N3O2S2. The van der Waals surface area contributed by atoms with Crippen molar-refractivity contribution < 1.29 is 9.59 Å². The standard InChI is InChI=1S/C17H15N3O2S2/c1-20(17(22)14-6-3-8-23-14)11-15(21)19-13-5-2-4-12(10-13)16-18-7-9-24-16/h2-10H,11H2,1H3,(H,19,21). The van der Waals surface area contributed by atoms with E-state index in [-0.39, 0.29) is 18.4 Å². The quantitative estimate of drug-likeness (QED) is 0.759. The number of benzene rings is 1. The number of hydrogen-bond donors (Lipinski definition) is 1. The highest BCUT2D eigenvalue weighted by Crippen LogP contribution is 2.24. The third kappa shape index (κ3) is 3.87. The zero-order valence-corrected chi connectivity index (χ0v) is 14.6. The van der Waals surface area contributed by atoms with Crippen molar-refractivity contribution in [2.75, 3.05) is 18.9 Å². The van der Waals surface area contributed by atoms with Gasteiger partial charge in [-0.15, -0.1) is 22.7 Å². The lowest BCUT2D eigenvalue weighted by atomic mass is 10.2. The number of thiazole rings is 1. The van der Waals surface area contributed by atoms with E-state index in [1.807, 2.05) is 41.1 Å². The molecule has 0 bridgehead atoms. The Labute approximate surface area is 147 Å². The predicted octanol–water partition coefficient (Wildman–Crippen LogP) is 3.58. The summed E-state index contributed by atoms with van der Waals surface area (Å²) in [6.07, 6.45) is 1.75. The second-order valence-corrected chi connectivity index (χ2v) is 6.95. The summed E-state index contributed by atoms with van der Waals surface area (Å²) in [5, 5.41) is 7.47. The molecule has 0 aliphatic rings. The first-order chi connectivity index (χ1) is 11.6. The summed E-state index contributed by atoms with van der Waals surface area (Å²) in [5.74, 6) is -0.393.